The molecule has 0 spiro atoms. The lowest BCUT2D eigenvalue weighted by Crippen LogP contribution is -2.30. The Morgan fingerprint density at radius 3 is 0.930 bits per heavy atom. The minimum Gasteiger partial charge on any atom is -0.462 e. The number of carbonyl (C=O) groups is 3. The molecule has 0 rings (SSSR count). The molecule has 0 bridgehead atoms. The Morgan fingerprint density at radius 1 is 0.296 bits per heavy atom. The SMILES string of the molecule is CC/C=C\C/C=C\C/C=C\C/C=C\CCCCC(=O)OC[C@H](COC(=O)CCCCCCCC/C=C\C/C=C\C/C=C\CCCCC)OC(=O)CCCCCCCCC/C=C\CCCCCCCCCC. The predicted octanol–water partition coefficient (Wildman–Crippen LogP) is 20.1. The summed E-state index contributed by atoms with van der Waals surface area (Å²) in [6.07, 6.45) is 78.3. The van der Waals surface area contributed by atoms with E-state index in [2.05, 4.69) is 118 Å². The van der Waals surface area contributed by atoms with Crippen molar-refractivity contribution >= 4 is 17.9 Å². The minimum absolute atomic E-state index is 0.0997. The smallest absolute Gasteiger partial charge is 0.306 e. The molecular weight excluding hydrogens is 877 g/mol. The Bertz CT molecular complexity index is 1410. The van der Waals surface area contributed by atoms with Crippen LogP contribution in [-0.4, -0.2) is 37.2 Å². The molecule has 0 N–H and O–H groups in total. The summed E-state index contributed by atoms with van der Waals surface area (Å²) in [5.41, 5.74) is 0. The number of carbonyl (C=O) groups excluding carboxylic acids is 3. The Labute approximate surface area is 438 Å². The van der Waals surface area contributed by atoms with E-state index in [1.165, 1.54) is 135 Å². The standard InChI is InChI=1S/C65H110O6/c1-4-7-10-13-16-19-22-25-28-30-32-34-37-40-43-46-49-52-55-58-64(67)70-61-62(60-69-63(66)57-54-51-48-45-42-39-36-27-24-21-18-15-12-9-6-3)71-65(68)59-56-53-50-47-44-41-38-35-33-31-29-26-23-20-17-14-11-8-5-2/h9,12,16,18-19,21,25,27-28,31-34,36,42,45,62H,4-8,10-11,13-15,17,20,22-24,26,29-30,35,37-41,43-44,46-61H2,1-3H3/b12-9-,19-16-,21-18-,28-25-,33-31-,34-32-,36-27-,45-42-/t62-/m1/s1. The molecule has 0 radical (unpaired) electrons. The number of ether oxygens (including phenoxy) is 3. The topological polar surface area (TPSA) is 78.9 Å². The number of hydrogen-bond donors (Lipinski definition) is 0. The predicted molar refractivity (Wildman–Crippen MR) is 307 cm³/mol. The van der Waals surface area contributed by atoms with E-state index in [-0.39, 0.29) is 31.1 Å². The Hall–Kier alpha value is -3.67. The molecule has 6 heteroatoms. The summed E-state index contributed by atoms with van der Waals surface area (Å²) in [4.78, 5) is 38.2. The van der Waals surface area contributed by atoms with E-state index in [9.17, 15) is 14.4 Å². The number of hydrogen-bond acceptors (Lipinski definition) is 6. The molecule has 6 nitrogen and oxygen atoms in total. The highest BCUT2D eigenvalue weighted by atomic mass is 16.6. The van der Waals surface area contributed by atoms with E-state index in [1.54, 1.807) is 0 Å². The van der Waals surface area contributed by atoms with Gasteiger partial charge in [0.2, 0.25) is 0 Å². The van der Waals surface area contributed by atoms with Crippen LogP contribution in [0.4, 0.5) is 0 Å². The maximum Gasteiger partial charge on any atom is 0.306 e. The second-order valence-corrected chi connectivity index (χ2v) is 19.5. The summed E-state index contributed by atoms with van der Waals surface area (Å²) < 4.78 is 16.8. The zero-order valence-corrected chi connectivity index (χ0v) is 46.5. The highest BCUT2D eigenvalue weighted by Crippen LogP contribution is 2.15. The Morgan fingerprint density at radius 2 is 0.549 bits per heavy atom. The van der Waals surface area contributed by atoms with Gasteiger partial charge in [-0.05, 0) is 122 Å². The van der Waals surface area contributed by atoms with Gasteiger partial charge in [0.05, 0.1) is 0 Å². The molecule has 0 aliphatic rings. The fourth-order valence-corrected chi connectivity index (χ4v) is 8.08. The van der Waals surface area contributed by atoms with Gasteiger partial charge in [0.1, 0.15) is 13.2 Å². The van der Waals surface area contributed by atoms with Crippen molar-refractivity contribution in [3.05, 3.63) is 97.2 Å². The maximum absolute atomic E-state index is 12.9. The third-order valence-electron chi connectivity index (χ3n) is 12.5. The maximum atomic E-state index is 12.9. The van der Waals surface area contributed by atoms with Gasteiger partial charge in [0.15, 0.2) is 6.10 Å². The largest absolute Gasteiger partial charge is 0.462 e. The molecule has 406 valence electrons. The molecule has 0 saturated heterocycles. The molecule has 1 atom stereocenters. The van der Waals surface area contributed by atoms with Crippen LogP contribution in [0.2, 0.25) is 0 Å². The summed E-state index contributed by atoms with van der Waals surface area (Å²) >= 11 is 0. The van der Waals surface area contributed by atoms with Crippen molar-refractivity contribution in [3.8, 4) is 0 Å². The number of rotatable bonds is 53. The molecule has 0 aliphatic heterocycles. The molecule has 0 fully saturated rings. The van der Waals surface area contributed by atoms with Gasteiger partial charge in [-0.1, -0.05) is 234 Å². The van der Waals surface area contributed by atoms with Crippen LogP contribution in [0.15, 0.2) is 97.2 Å². The normalized spacial score (nSPS) is 12.8. The van der Waals surface area contributed by atoms with Gasteiger partial charge in [-0.2, -0.15) is 0 Å². The number of unbranched alkanes of at least 4 members (excludes halogenated alkanes) is 26. The minimum atomic E-state index is -0.804. The first-order valence-electron chi connectivity index (χ1n) is 29.7. The van der Waals surface area contributed by atoms with Crippen molar-refractivity contribution < 1.29 is 28.6 Å². The van der Waals surface area contributed by atoms with Crippen molar-refractivity contribution in [1.82, 2.24) is 0 Å². The van der Waals surface area contributed by atoms with Crippen LogP contribution in [0, 0.1) is 0 Å². The molecule has 0 aromatic heterocycles. The molecule has 0 amide bonds. The van der Waals surface area contributed by atoms with E-state index in [0.29, 0.717) is 19.3 Å². The summed E-state index contributed by atoms with van der Waals surface area (Å²) in [6, 6.07) is 0. The average Bonchev–Trinajstić information content (AvgIpc) is 3.37. The Balaban J connectivity index is 4.46. The first-order chi connectivity index (χ1) is 35.0. The van der Waals surface area contributed by atoms with Crippen molar-refractivity contribution in [2.24, 2.45) is 0 Å². The van der Waals surface area contributed by atoms with Crippen molar-refractivity contribution in [2.75, 3.05) is 13.2 Å². The van der Waals surface area contributed by atoms with Gasteiger partial charge >= 0.3 is 17.9 Å². The van der Waals surface area contributed by atoms with Gasteiger partial charge < -0.3 is 14.2 Å². The lowest BCUT2D eigenvalue weighted by Gasteiger charge is -2.18. The van der Waals surface area contributed by atoms with E-state index in [1.807, 2.05) is 0 Å². The highest BCUT2D eigenvalue weighted by molar-refractivity contribution is 5.71. The monoisotopic (exact) mass is 987 g/mol. The third kappa shape index (κ3) is 57.1. The van der Waals surface area contributed by atoms with Gasteiger partial charge in [-0.25, -0.2) is 0 Å². The zero-order valence-electron chi connectivity index (χ0n) is 46.5. The van der Waals surface area contributed by atoms with E-state index < -0.39 is 6.10 Å². The van der Waals surface area contributed by atoms with Gasteiger partial charge in [0.25, 0.3) is 0 Å². The van der Waals surface area contributed by atoms with E-state index in [4.69, 9.17) is 14.2 Å². The summed E-state index contributed by atoms with van der Waals surface area (Å²) in [6.45, 7) is 6.46. The van der Waals surface area contributed by atoms with Crippen LogP contribution in [-0.2, 0) is 28.6 Å². The van der Waals surface area contributed by atoms with Gasteiger partial charge in [-0.3, -0.25) is 14.4 Å². The molecule has 0 aromatic carbocycles. The molecule has 0 saturated carbocycles. The first kappa shape index (κ1) is 67.3. The lowest BCUT2D eigenvalue weighted by molar-refractivity contribution is -0.167. The van der Waals surface area contributed by atoms with Crippen LogP contribution in [0.1, 0.15) is 278 Å². The van der Waals surface area contributed by atoms with Crippen molar-refractivity contribution in [2.45, 2.75) is 284 Å². The first-order valence-corrected chi connectivity index (χ1v) is 29.7. The Kier molecular flexibility index (Phi) is 55.9. The second kappa shape index (κ2) is 58.9. The van der Waals surface area contributed by atoms with Crippen LogP contribution < -0.4 is 0 Å². The van der Waals surface area contributed by atoms with E-state index in [0.717, 1.165) is 103 Å². The van der Waals surface area contributed by atoms with Gasteiger partial charge in [0, 0.05) is 19.3 Å². The molecule has 0 unspecified atom stereocenters. The second-order valence-electron chi connectivity index (χ2n) is 19.5. The number of allylic oxidation sites excluding steroid dienone is 16. The third-order valence-corrected chi connectivity index (χ3v) is 12.5. The van der Waals surface area contributed by atoms with Crippen LogP contribution in [0.25, 0.3) is 0 Å². The fourth-order valence-electron chi connectivity index (χ4n) is 8.08. The summed E-state index contributed by atoms with van der Waals surface area (Å²) in [5.74, 6) is -0.953. The highest BCUT2D eigenvalue weighted by Gasteiger charge is 2.19. The molecule has 71 heavy (non-hydrogen) atoms. The average molecular weight is 988 g/mol. The lowest BCUT2D eigenvalue weighted by atomic mass is 10.1. The van der Waals surface area contributed by atoms with Gasteiger partial charge in [-0.15, -0.1) is 0 Å². The summed E-state index contributed by atoms with van der Waals surface area (Å²) in [7, 11) is 0. The zero-order chi connectivity index (χ0) is 51.4. The van der Waals surface area contributed by atoms with E-state index >= 15 is 0 Å². The molecular formula is C65H110O6. The quantitative estimate of drug-likeness (QED) is 0.0261. The molecule has 0 aromatic rings. The van der Waals surface area contributed by atoms with Crippen LogP contribution in [0.5, 0.6) is 0 Å². The van der Waals surface area contributed by atoms with Crippen LogP contribution >= 0.6 is 0 Å². The van der Waals surface area contributed by atoms with Crippen LogP contribution in [0.3, 0.4) is 0 Å². The number of esters is 3. The molecule has 0 heterocycles. The molecule has 0 aliphatic carbocycles. The summed E-state index contributed by atoms with van der Waals surface area (Å²) in [5, 5.41) is 0. The van der Waals surface area contributed by atoms with Crippen molar-refractivity contribution in [3.63, 3.8) is 0 Å². The fraction of sp³-hybridized carbons (Fsp3) is 0.708. The van der Waals surface area contributed by atoms with Crippen molar-refractivity contribution in [1.29, 1.82) is 0 Å².